The first kappa shape index (κ1) is 25.3. The van der Waals surface area contributed by atoms with Gasteiger partial charge < -0.3 is 23.7 Å². The molecule has 200 valence electrons. The summed E-state index contributed by atoms with van der Waals surface area (Å²) >= 11 is 6.16. The van der Waals surface area contributed by atoms with Crippen LogP contribution in [0.4, 0.5) is 5.69 Å². The molecule has 1 amide bonds. The van der Waals surface area contributed by atoms with E-state index in [1.165, 1.54) is 5.56 Å². The van der Waals surface area contributed by atoms with Crippen LogP contribution in [0.15, 0.2) is 89.3 Å². The summed E-state index contributed by atoms with van der Waals surface area (Å²) in [6, 6.07) is 27.9. The van der Waals surface area contributed by atoms with Gasteiger partial charge in [-0.2, -0.15) is 0 Å². The number of benzene rings is 3. The standard InChI is InChI=1S/C31H30ClN3O4/c32-25-7-4-8-26(18-25)34-13-15-35(16-14-34)31(36)29-12-10-27(39-29)21-33(19-23-5-2-1-3-6-23)20-24-9-11-28-30(17-24)38-22-37-28/h1-12,17-18H,13-16,19-22H2. The average molecular weight is 544 g/mol. The lowest BCUT2D eigenvalue weighted by molar-refractivity contribution is 0.0710. The number of piperazine rings is 1. The molecule has 8 heteroatoms. The lowest BCUT2D eigenvalue weighted by Crippen LogP contribution is -2.48. The van der Waals surface area contributed by atoms with Gasteiger partial charge in [0.15, 0.2) is 17.3 Å². The summed E-state index contributed by atoms with van der Waals surface area (Å²) in [6.45, 7) is 5.02. The first-order valence-corrected chi connectivity index (χ1v) is 13.5. The first-order valence-electron chi connectivity index (χ1n) is 13.1. The third kappa shape index (κ3) is 6.05. The molecule has 3 aromatic carbocycles. The number of nitrogens with zero attached hydrogens (tertiary/aromatic N) is 3. The molecule has 0 radical (unpaired) electrons. The van der Waals surface area contributed by atoms with Crippen molar-refractivity contribution in [3.05, 3.63) is 113 Å². The zero-order valence-electron chi connectivity index (χ0n) is 21.6. The van der Waals surface area contributed by atoms with Gasteiger partial charge in [0, 0.05) is 50.0 Å². The fourth-order valence-electron chi connectivity index (χ4n) is 5.10. The second kappa shape index (κ2) is 11.4. The minimum absolute atomic E-state index is 0.0719. The van der Waals surface area contributed by atoms with E-state index in [0.717, 1.165) is 48.1 Å². The number of rotatable bonds is 8. The molecule has 3 heterocycles. The molecule has 7 nitrogen and oxygen atoms in total. The Morgan fingerprint density at radius 3 is 2.38 bits per heavy atom. The topological polar surface area (TPSA) is 58.4 Å². The Balaban J connectivity index is 1.11. The highest BCUT2D eigenvalue weighted by Gasteiger charge is 2.25. The molecule has 0 N–H and O–H groups in total. The molecule has 0 aliphatic carbocycles. The van der Waals surface area contributed by atoms with Crippen LogP contribution in [0, 0.1) is 0 Å². The van der Waals surface area contributed by atoms with E-state index in [1.807, 2.05) is 65.6 Å². The summed E-state index contributed by atoms with van der Waals surface area (Å²) in [4.78, 5) is 19.6. The molecule has 2 aliphatic heterocycles. The van der Waals surface area contributed by atoms with Gasteiger partial charge in [0.2, 0.25) is 6.79 Å². The van der Waals surface area contributed by atoms with Gasteiger partial charge >= 0.3 is 0 Å². The monoisotopic (exact) mass is 543 g/mol. The Labute approximate surface area is 233 Å². The number of ether oxygens (including phenoxy) is 2. The molecule has 4 aromatic rings. The number of anilines is 1. The van der Waals surface area contributed by atoms with Crippen molar-refractivity contribution < 1.29 is 18.7 Å². The number of hydrogen-bond donors (Lipinski definition) is 0. The predicted octanol–water partition coefficient (Wildman–Crippen LogP) is 5.83. The summed E-state index contributed by atoms with van der Waals surface area (Å²) in [6.07, 6.45) is 0. The molecular weight excluding hydrogens is 514 g/mol. The van der Waals surface area contributed by atoms with Gasteiger partial charge in [0.25, 0.3) is 5.91 Å². The molecule has 6 rings (SSSR count). The Morgan fingerprint density at radius 1 is 0.769 bits per heavy atom. The van der Waals surface area contributed by atoms with Crippen molar-refractivity contribution in [2.45, 2.75) is 19.6 Å². The second-order valence-electron chi connectivity index (χ2n) is 9.84. The van der Waals surface area contributed by atoms with E-state index in [0.29, 0.717) is 37.0 Å². The minimum atomic E-state index is -0.0719. The predicted molar refractivity (Wildman–Crippen MR) is 150 cm³/mol. The first-order chi connectivity index (χ1) is 19.1. The Morgan fingerprint density at radius 2 is 1.56 bits per heavy atom. The summed E-state index contributed by atoms with van der Waals surface area (Å²) in [5, 5.41) is 0.717. The smallest absolute Gasteiger partial charge is 0.289 e. The van der Waals surface area contributed by atoms with E-state index in [-0.39, 0.29) is 12.7 Å². The molecule has 1 fully saturated rings. The molecule has 1 saturated heterocycles. The van der Waals surface area contributed by atoms with Crippen LogP contribution < -0.4 is 14.4 Å². The van der Waals surface area contributed by atoms with E-state index >= 15 is 0 Å². The van der Waals surface area contributed by atoms with Crippen LogP contribution in [0.2, 0.25) is 5.02 Å². The Kier molecular flexibility index (Phi) is 7.43. The van der Waals surface area contributed by atoms with Gasteiger partial charge in [-0.25, -0.2) is 0 Å². The highest BCUT2D eigenvalue weighted by Crippen LogP contribution is 2.33. The number of amides is 1. The van der Waals surface area contributed by atoms with Gasteiger partial charge in [0.1, 0.15) is 5.76 Å². The molecule has 39 heavy (non-hydrogen) atoms. The van der Waals surface area contributed by atoms with Gasteiger partial charge in [-0.3, -0.25) is 9.69 Å². The van der Waals surface area contributed by atoms with Crippen LogP contribution >= 0.6 is 11.6 Å². The third-order valence-electron chi connectivity index (χ3n) is 7.08. The van der Waals surface area contributed by atoms with Crippen LogP contribution in [0.25, 0.3) is 0 Å². The highest BCUT2D eigenvalue weighted by atomic mass is 35.5. The SMILES string of the molecule is O=C(c1ccc(CN(Cc2ccccc2)Cc2ccc3c(c2)OCO3)o1)N1CCN(c2cccc(Cl)c2)CC1. The Hall–Kier alpha value is -3.94. The summed E-state index contributed by atoms with van der Waals surface area (Å²) in [5.41, 5.74) is 3.41. The van der Waals surface area contributed by atoms with Gasteiger partial charge in [-0.1, -0.05) is 54.1 Å². The number of carbonyl (C=O) groups is 1. The third-order valence-corrected chi connectivity index (χ3v) is 7.32. The van der Waals surface area contributed by atoms with Gasteiger partial charge in [0.05, 0.1) is 6.54 Å². The molecular formula is C31H30ClN3O4. The largest absolute Gasteiger partial charge is 0.455 e. The molecule has 0 bridgehead atoms. The maximum Gasteiger partial charge on any atom is 0.289 e. The van der Waals surface area contributed by atoms with Crippen molar-refractivity contribution in [2.75, 3.05) is 37.9 Å². The normalized spacial score (nSPS) is 14.7. The van der Waals surface area contributed by atoms with E-state index < -0.39 is 0 Å². The average Bonchev–Trinajstić information content (AvgIpc) is 3.63. The van der Waals surface area contributed by atoms with E-state index in [2.05, 4.69) is 28.0 Å². The number of furan rings is 1. The quantitative estimate of drug-likeness (QED) is 0.279. The molecule has 1 aromatic heterocycles. The van der Waals surface area contributed by atoms with Crippen LogP contribution in [0.1, 0.15) is 27.4 Å². The minimum Gasteiger partial charge on any atom is -0.455 e. The van der Waals surface area contributed by atoms with E-state index in [4.69, 9.17) is 25.5 Å². The molecule has 0 saturated carbocycles. The second-order valence-corrected chi connectivity index (χ2v) is 10.3. The fourth-order valence-corrected chi connectivity index (χ4v) is 5.29. The molecule has 0 unspecified atom stereocenters. The molecule has 0 atom stereocenters. The maximum absolute atomic E-state index is 13.2. The van der Waals surface area contributed by atoms with Crippen LogP contribution in [0.5, 0.6) is 11.5 Å². The highest BCUT2D eigenvalue weighted by molar-refractivity contribution is 6.30. The summed E-state index contributed by atoms with van der Waals surface area (Å²) in [7, 11) is 0. The maximum atomic E-state index is 13.2. The van der Waals surface area contributed by atoms with Crippen molar-refractivity contribution in [1.82, 2.24) is 9.80 Å². The van der Waals surface area contributed by atoms with E-state index in [9.17, 15) is 4.79 Å². The number of carbonyl (C=O) groups excluding carboxylic acids is 1. The van der Waals surface area contributed by atoms with Crippen molar-refractivity contribution in [1.29, 1.82) is 0 Å². The van der Waals surface area contributed by atoms with Gasteiger partial charge in [-0.05, 0) is 53.6 Å². The van der Waals surface area contributed by atoms with Crippen molar-refractivity contribution in [2.24, 2.45) is 0 Å². The molecule has 2 aliphatic rings. The fraction of sp³-hybridized carbons (Fsp3) is 0.258. The zero-order chi connectivity index (χ0) is 26.6. The van der Waals surface area contributed by atoms with Crippen molar-refractivity contribution in [3.8, 4) is 11.5 Å². The van der Waals surface area contributed by atoms with Crippen LogP contribution in [0.3, 0.4) is 0 Å². The molecule has 0 spiro atoms. The van der Waals surface area contributed by atoms with Gasteiger partial charge in [-0.15, -0.1) is 0 Å². The van der Waals surface area contributed by atoms with E-state index in [1.54, 1.807) is 6.07 Å². The number of fused-ring (bicyclic) bond motifs is 1. The Bertz CT molecular complexity index is 1430. The lowest BCUT2D eigenvalue weighted by Gasteiger charge is -2.35. The van der Waals surface area contributed by atoms with Crippen molar-refractivity contribution in [3.63, 3.8) is 0 Å². The van der Waals surface area contributed by atoms with Crippen LogP contribution in [-0.2, 0) is 19.6 Å². The summed E-state index contributed by atoms with van der Waals surface area (Å²) < 4.78 is 17.1. The van der Waals surface area contributed by atoms with Crippen LogP contribution in [-0.4, -0.2) is 48.7 Å². The lowest BCUT2D eigenvalue weighted by atomic mass is 10.1. The van der Waals surface area contributed by atoms with Crippen molar-refractivity contribution >= 4 is 23.2 Å². The number of halogens is 1. The zero-order valence-corrected chi connectivity index (χ0v) is 22.3. The summed E-state index contributed by atoms with van der Waals surface area (Å²) in [5.74, 6) is 2.61. The number of hydrogen-bond acceptors (Lipinski definition) is 6.